The number of aliphatic hydroxyl groups is 1. The van der Waals surface area contributed by atoms with E-state index in [4.69, 9.17) is 14.2 Å². The highest BCUT2D eigenvalue weighted by Crippen LogP contribution is 2.68. The Kier molecular flexibility index (Phi) is 4.97. The Hall–Kier alpha value is -1.24. The molecule has 1 saturated heterocycles. The molecule has 5 rings (SSSR count). The summed E-state index contributed by atoms with van der Waals surface area (Å²) in [6.07, 6.45) is 9.49. The Labute approximate surface area is 184 Å². The maximum Gasteiger partial charge on any atom is 0.303 e. The van der Waals surface area contributed by atoms with Gasteiger partial charge in [-0.15, -0.1) is 0 Å². The molecule has 1 aliphatic heterocycles. The minimum atomic E-state index is -1.40. The van der Waals surface area contributed by atoms with Crippen molar-refractivity contribution in [2.24, 2.45) is 28.6 Å². The van der Waals surface area contributed by atoms with E-state index in [9.17, 15) is 14.7 Å². The molecule has 0 aromatic rings. The normalized spacial score (nSPS) is 45.4. The number of allylic oxidation sites excluding steroid dienone is 1. The molecule has 4 aliphatic carbocycles. The van der Waals surface area contributed by atoms with E-state index < -0.39 is 22.8 Å². The lowest BCUT2D eigenvalue weighted by Gasteiger charge is -2.59. The minimum Gasteiger partial charge on any atom is -0.458 e. The summed E-state index contributed by atoms with van der Waals surface area (Å²) in [4.78, 5) is 24.2. The summed E-state index contributed by atoms with van der Waals surface area (Å²) >= 11 is 0. The molecule has 6 heteroatoms. The Morgan fingerprint density at radius 2 is 1.81 bits per heavy atom. The molecule has 0 bridgehead atoms. The Morgan fingerprint density at radius 3 is 2.52 bits per heavy atom. The first-order valence-electron chi connectivity index (χ1n) is 12.0. The topological polar surface area (TPSA) is 82.1 Å². The molecule has 6 atom stereocenters. The van der Waals surface area contributed by atoms with Gasteiger partial charge in [0.1, 0.15) is 5.60 Å². The molecule has 5 aliphatic rings. The van der Waals surface area contributed by atoms with Crippen molar-refractivity contribution < 1.29 is 28.9 Å². The van der Waals surface area contributed by atoms with Crippen molar-refractivity contribution >= 4 is 11.8 Å². The van der Waals surface area contributed by atoms with Gasteiger partial charge in [-0.1, -0.05) is 25.5 Å². The Balaban J connectivity index is 1.39. The molecule has 3 saturated carbocycles. The number of hydrogen-bond donors (Lipinski definition) is 1. The van der Waals surface area contributed by atoms with E-state index in [0.717, 1.165) is 44.9 Å². The molecule has 1 spiro atoms. The number of esters is 1. The zero-order valence-electron chi connectivity index (χ0n) is 19.1. The van der Waals surface area contributed by atoms with E-state index in [1.165, 1.54) is 12.5 Å². The quantitative estimate of drug-likeness (QED) is 0.542. The van der Waals surface area contributed by atoms with Crippen LogP contribution in [0.2, 0.25) is 0 Å². The van der Waals surface area contributed by atoms with Crippen molar-refractivity contribution in [2.75, 3.05) is 19.8 Å². The number of ether oxygens (including phenoxy) is 3. The third kappa shape index (κ3) is 3.01. The summed E-state index contributed by atoms with van der Waals surface area (Å²) in [6.45, 7) is 6.88. The zero-order valence-corrected chi connectivity index (χ0v) is 19.1. The van der Waals surface area contributed by atoms with Gasteiger partial charge in [-0.25, -0.2) is 0 Å². The predicted octanol–water partition coefficient (Wildman–Crippen LogP) is 3.56. The number of carbonyl (C=O) groups is 2. The van der Waals surface area contributed by atoms with E-state index in [2.05, 4.69) is 19.9 Å². The summed E-state index contributed by atoms with van der Waals surface area (Å²) in [5.74, 6) is 0.126. The van der Waals surface area contributed by atoms with Crippen LogP contribution >= 0.6 is 0 Å². The van der Waals surface area contributed by atoms with Crippen molar-refractivity contribution in [3.8, 4) is 0 Å². The number of hydrogen-bond acceptors (Lipinski definition) is 6. The van der Waals surface area contributed by atoms with Crippen LogP contribution < -0.4 is 0 Å². The summed E-state index contributed by atoms with van der Waals surface area (Å²) in [6, 6.07) is 0. The highest BCUT2D eigenvalue weighted by atomic mass is 16.7. The van der Waals surface area contributed by atoms with Crippen LogP contribution in [0.1, 0.15) is 72.1 Å². The molecule has 172 valence electrons. The van der Waals surface area contributed by atoms with Gasteiger partial charge in [-0.05, 0) is 61.7 Å². The van der Waals surface area contributed by atoms with Gasteiger partial charge in [0.05, 0.1) is 13.2 Å². The first-order chi connectivity index (χ1) is 14.6. The largest absolute Gasteiger partial charge is 0.458 e. The summed E-state index contributed by atoms with van der Waals surface area (Å²) in [5, 5.41) is 11.6. The molecule has 0 aromatic carbocycles. The molecule has 0 unspecified atom stereocenters. The molecule has 1 heterocycles. The third-order valence-electron chi connectivity index (χ3n) is 9.94. The van der Waals surface area contributed by atoms with Crippen LogP contribution in [0.25, 0.3) is 0 Å². The lowest BCUT2D eigenvalue weighted by molar-refractivity contribution is -0.189. The lowest BCUT2D eigenvalue weighted by atomic mass is 9.46. The second kappa shape index (κ2) is 7.13. The van der Waals surface area contributed by atoms with Crippen LogP contribution in [0.4, 0.5) is 0 Å². The van der Waals surface area contributed by atoms with Crippen molar-refractivity contribution in [2.45, 2.75) is 83.5 Å². The van der Waals surface area contributed by atoms with Crippen LogP contribution in [0, 0.1) is 28.6 Å². The van der Waals surface area contributed by atoms with Crippen molar-refractivity contribution in [3.05, 3.63) is 11.6 Å². The number of carbonyl (C=O) groups excluding carboxylic acids is 2. The van der Waals surface area contributed by atoms with Gasteiger partial charge in [0, 0.05) is 25.2 Å². The average molecular weight is 433 g/mol. The van der Waals surface area contributed by atoms with E-state index >= 15 is 0 Å². The number of ketones is 1. The standard InChI is InChI=1S/C25H36O6/c1-16(26)29-15-21(27)25(28)9-7-20-18-5-4-17-14-24(30-12-13-31-24)11-10-22(17,2)19(18)6-8-23(20,25)3/h4,18-20,28H,5-15H2,1-3H3/t18-,19+,20+,22+,23-,25+/m0/s1. The van der Waals surface area contributed by atoms with Crippen molar-refractivity contribution in [1.82, 2.24) is 0 Å². The molecule has 1 N–H and O–H groups in total. The first-order valence-corrected chi connectivity index (χ1v) is 12.0. The number of Topliss-reactive ketones (excluding diaryl/α,β-unsaturated/α-hetero) is 1. The van der Waals surface area contributed by atoms with Gasteiger partial charge in [0.15, 0.2) is 12.4 Å². The highest BCUT2D eigenvalue weighted by molar-refractivity contribution is 5.90. The smallest absolute Gasteiger partial charge is 0.303 e. The maximum atomic E-state index is 13.0. The van der Waals surface area contributed by atoms with E-state index in [1.54, 1.807) is 0 Å². The summed E-state index contributed by atoms with van der Waals surface area (Å²) < 4.78 is 17.0. The van der Waals surface area contributed by atoms with Crippen LogP contribution in [0.15, 0.2) is 11.6 Å². The SMILES string of the molecule is CC(=O)OCC(=O)[C@]1(O)CC[C@@H]2[C@H]3CC=C4CC5(CC[C@@]4(C)[C@@H]3CC[C@@]21C)OCCO5. The summed E-state index contributed by atoms with van der Waals surface area (Å²) in [5.41, 5.74) is -0.219. The molecule has 6 nitrogen and oxygen atoms in total. The van der Waals surface area contributed by atoms with Crippen LogP contribution in [-0.2, 0) is 23.8 Å². The molecular weight excluding hydrogens is 396 g/mol. The highest BCUT2D eigenvalue weighted by Gasteiger charge is 2.66. The monoisotopic (exact) mass is 432 g/mol. The number of rotatable bonds is 3. The fourth-order valence-corrected chi connectivity index (χ4v) is 8.11. The molecule has 4 fully saturated rings. The first kappa shape index (κ1) is 21.6. The van der Waals surface area contributed by atoms with Crippen molar-refractivity contribution in [1.29, 1.82) is 0 Å². The Morgan fingerprint density at radius 1 is 1.10 bits per heavy atom. The maximum absolute atomic E-state index is 13.0. The third-order valence-corrected chi connectivity index (χ3v) is 9.94. The molecule has 0 radical (unpaired) electrons. The second-order valence-corrected chi connectivity index (χ2v) is 11.1. The molecule has 0 amide bonds. The van der Waals surface area contributed by atoms with Gasteiger partial charge in [0.2, 0.25) is 5.78 Å². The van der Waals surface area contributed by atoms with Crippen molar-refractivity contribution in [3.63, 3.8) is 0 Å². The Bertz CT molecular complexity index is 813. The number of fused-ring (bicyclic) bond motifs is 5. The molecule has 0 aromatic heterocycles. The average Bonchev–Trinajstić information content (AvgIpc) is 3.30. The molecule has 31 heavy (non-hydrogen) atoms. The summed E-state index contributed by atoms with van der Waals surface area (Å²) in [7, 11) is 0. The van der Waals surface area contributed by atoms with Gasteiger partial charge >= 0.3 is 5.97 Å². The van der Waals surface area contributed by atoms with Crippen LogP contribution in [-0.4, -0.2) is 48.1 Å². The van der Waals surface area contributed by atoms with E-state index in [1.807, 2.05) is 0 Å². The minimum absolute atomic E-state index is 0.146. The van der Waals surface area contributed by atoms with Gasteiger partial charge in [-0.3, -0.25) is 9.59 Å². The van der Waals surface area contributed by atoms with Crippen LogP contribution in [0.3, 0.4) is 0 Å². The van der Waals surface area contributed by atoms with E-state index in [0.29, 0.717) is 37.4 Å². The second-order valence-electron chi connectivity index (χ2n) is 11.1. The van der Waals surface area contributed by atoms with Gasteiger partial charge in [-0.2, -0.15) is 0 Å². The van der Waals surface area contributed by atoms with E-state index in [-0.39, 0.29) is 17.8 Å². The van der Waals surface area contributed by atoms with Crippen LogP contribution in [0.5, 0.6) is 0 Å². The fourth-order valence-electron chi connectivity index (χ4n) is 8.11. The predicted molar refractivity (Wildman–Crippen MR) is 113 cm³/mol. The zero-order chi connectivity index (χ0) is 22.1. The molecular formula is C25H36O6. The fraction of sp³-hybridized carbons (Fsp3) is 0.840. The van der Waals surface area contributed by atoms with Gasteiger partial charge < -0.3 is 19.3 Å². The lowest BCUT2D eigenvalue weighted by Crippen LogP contribution is -2.58. The van der Waals surface area contributed by atoms with Gasteiger partial charge in [0.25, 0.3) is 0 Å².